The van der Waals surface area contributed by atoms with Gasteiger partial charge in [0, 0.05) is 11.0 Å². The van der Waals surface area contributed by atoms with Gasteiger partial charge in [-0.1, -0.05) is 51.8 Å². The van der Waals surface area contributed by atoms with Crippen molar-refractivity contribution in [1.82, 2.24) is 9.97 Å². The molecule has 26 heavy (non-hydrogen) atoms. The van der Waals surface area contributed by atoms with E-state index in [1.807, 2.05) is 37.3 Å². The van der Waals surface area contributed by atoms with Crippen LogP contribution in [0.3, 0.4) is 0 Å². The number of phenolic OH excluding ortho intramolecular Hbond substituents is 1. The minimum atomic E-state index is -0.0842. The van der Waals surface area contributed by atoms with E-state index in [1.165, 1.54) is 0 Å². The fraction of sp³-hybridized carbons (Fsp3) is 0.158. The summed E-state index contributed by atoms with van der Waals surface area (Å²) in [4.78, 5) is 8.71. The number of nitrogens with zero attached hydrogens (tertiary/aromatic N) is 2. The maximum Gasteiger partial charge on any atom is 0.229 e. The van der Waals surface area contributed by atoms with Gasteiger partial charge in [0.1, 0.15) is 10.8 Å². The van der Waals surface area contributed by atoms with Crippen molar-refractivity contribution in [3.05, 3.63) is 70.9 Å². The molecule has 0 amide bonds. The highest BCUT2D eigenvalue weighted by atomic mass is 79.9. The first-order valence-electron chi connectivity index (χ1n) is 8.05. The zero-order valence-corrected chi connectivity index (χ0v) is 16.4. The Morgan fingerprint density at radius 2 is 2.00 bits per heavy atom. The Balaban J connectivity index is 1.79. The average molecular weight is 434 g/mol. The molecule has 0 saturated heterocycles. The fourth-order valence-corrected chi connectivity index (χ4v) is 2.97. The topological polar surface area (TPSA) is 70.1 Å². The van der Waals surface area contributed by atoms with E-state index in [1.54, 1.807) is 24.4 Å². The molecule has 1 atom stereocenters. The summed E-state index contributed by atoms with van der Waals surface area (Å²) in [5, 5.41) is 17.3. The molecule has 3 N–H and O–H groups in total. The molecule has 0 aliphatic heterocycles. The third kappa shape index (κ3) is 4.65. The normalized spacial score (nSPS) is 11.8. The summed E-state index contributed by atoms with van der Waals surface area (Å²) < 4.78 is 0. The Bertz CT molecular complexity index is 906. The van der Waals surface area contributed by atoms with E-state index < -0.39 is 0 Å². The lowest BCUT2D eigenvalue weighted by molar-refractivity contribution is 0.474. The number of hydrogen-bond donors (Lipinski definition) is 3. The predicted molar refractivity (Wildman–Crippen MR) is 110 cm³/mol. The summed E-state index contributed by atoms with van der Waals surface area (Å²) in [6.45, 7) is 1.97. The quantitative estimate of drug-likeness (QED) is 0.438. The third-order valence-electron chi connectivity index (χ3n) is 3.80. The lowest BCUT2D eigenvalue weighted by Gasteiger charge is -2.17. The first-order chi connectivity index (χ1) is 12.5. The van der Waals surface area contributed by atoms with Gasteiger partial charge < -0.3 is 15.7 Å². The van der Waals surface area contributed by atoms with Crippen molar-refractivity contribution in [3.8, 4) is 5.75 Å². The van der Waals surface area contributed by atoms with Crippen LogP contribution in [0.1, 0.15) is 24.1 Å². The number of alkyl halides is 1. The summed E-state index contributed by atoms with van der Waals surface area (Å²) in [6, 6.07) is 15.0. The summed E-state index contributed by atoms with van der Waals surface area (Å²) in [5.74, 6) is 1.20. The Hall–Kier alpha value is -2.31. The smallest absolute Gasteiger partial charge is 0.229 e. The largest absolute Gasteiger partial charge is 0.508 e. The maximum atomic E-state index is 9.64. The van der Waals surface area contributed by atoms with E-state index >= 15 is 0 Å². The molecule has 0 aliphatic carbocycles. The fourth-order valence-electron chi connectivity index (χ4n) is 2.47. The third-order valence-corrected chi connectivity index (χ3v) is 4.73. The van der Waals surface area contributed by atoms with Gasteiger partial charge >= 0.3 is 0 Å². The summed E-state index contributed by atoms with van der Waals surface area (Å²) >= 11 is 9.69. The Morgan fingerprint density at radius 3 is 2.77 bits per heavy atom. The van der Waals surface area contributed by atoms with Crippen molar-refractivity contribution in [2.75, 3.05) is 10.6 Å². The Labute approximate surface area is 165 Å². The first kappa shape index (κ1) is 18.5. The second-order valence-corrected chi connectivity index (χ2v) is 6.78. The molecule has 0 saturated carbocycles. The van der Waals surface area contributed by atoms with E-state index in [4.69, 9.17) is 11.6 Å². The predicted octanol–water partition coefficient (Wildman–Crippen LogP) is 5.65. The summed E-state index contributed by atoms with van der Waals surface area (Å²) in [6.07, 6.45) is 1.56. The molecule has 0 unspecified atom stereocenters. The highest BCUT2D eigenvalue weighted by molar-refractivity contribution is 9.08. The number of hydrogen-bond acceptors (Lipinski definition) is 5. The lowest BCUT2D eigenvalue weighted by atomic mass is 10.1. The molecule has 134 valence electrons. The highest BCUT2D eigenvalue weighted by Gasteiger charge is 2.11. The molecule has 2 aromatic carbocycles. The Kier molecular flexibility index (Phi) is 5.96. The molecule has 3 aromatic rings. The van der Waals surface area contributed by atoms with Gasteiger partial charge in [-0.2, -0.15) is 4.98 Å². The van der Waals surface area contributed by atoms with Gasteiger partial charge in [0.25, 0.3) is 0 Å². The van der Waals surface area contributed by atoms with Crippen LogP contribution in [-0.2, 0) is 5.33 Å². The van der Waals surface area contributed by atoms with Gasteiger partial charge in [-0.25, -0.2) is 4.98 Å². The number of aromatic nitrogens is 2. The molecule has 5 nitrogen and oxygen atoms in total. The van der Waals surface area contributed by atoms with Crippen molar-refractivity contribution in [3.63, 3.8) is 0 Å². The van der Waals surface area contributed by atoms with E-state index in [0.717, 1.165) is 22.1 Å². The number of rotatable bonds is 6. The van der Waals surface area contributed by atoms with E-state index in [-0.39, 0.29) is 11.8 Å². The molecule has 7 heteroatoms. The van der Waals surface area contributed by atoms with Crippen LogP contribution >= 0.6 is 27.5 Å². The van der Waals surface area contributed by atoms with E-state index in [2.05, 4.69) is 36.5 Å². The molecule has 1 aromatic heterocycles. The van der Waals surface area contributed by atoms with Crippen LogP contribution in [0.4, 0.5) is 17.5 Å². The second kappa shape index (κ2) is 8.38. The molecule has 0 spiro atoms. The van der Waals surface area contributed by atoms with Crippen molar-refractivity contribution >= 4 is 45.0 Å². The number of halogens is 2. The van der Waals surface area contributed by atoms with E-state index in [0.29, 0.717) is 16.8 Å². The number of phenols is 1. The number of aromatic hydroxyl groups is 1. The minimum absolute atomic E-state index is 0.0842. The number of anilines is 3. The van der Waals surface area contributed by atoms with Crippen LogP contribution in [0.2, 0.25) is 5.02 Å². The van der Waals surface area contributed by atoms with Gasteiger partial charge in [0.2, 0.25) is 5.95 Å². The molecule has 3 rings (SSSR count). The summed E-state index contributed by atoms with van der Waals surface area (Å²) in [5.41, 5.74) is 2.98. The standard InChI is InChI=1S/C19H18BrClN4O/c1-12(14-5-3-7-16(26)9-14)23-18-17(21)11-22-19(25-18)24-15-6-2-4-13(8-15)10-20/h2-9,11-12,26H,10H2,1H3,(H2,22,23,24,25)/t12-/m0/s1. The zero-order valence-electron chi connectivity index (χ0n) is 14.1. The van der Waals surface area contributed by atoms with Crippen LogP contribution < -0.4 is 10.6 Å². The van der Waals surface area contributed by atoms with Gasteiger partial charge in [0.15, 0.2) is 5.82 Å². The van der Waals surface area contributed by atoms with Gasteiger partial charge in [-0.15, -0.1) is 0 Å². The summed E-state index contributed by atoms with van der Waals surface area (Å²) in [7, 11) is 0. The molecule has 0 radical (unpaired) electrons. The van der Waals surface area contributed by atoms with Crippen molar-refractivity contribution in [2.45, 2.75) is 18.3 Å². The molecular formula is C19H18BrClN4O. The minimum Gasteiger partial charge on any atom is -0.508 e. The zero-order chi connectivity index (χ0) is 18.5. The van der Waals surface area contributed by atoms with Crippen molar-refractivity contribution in [1.29, 1.82) is 0 Å². The van der Waals surface area contributed by atoms with E-state index in [9.17, 15) is 5.11 Å². The first-order valence-corrected chi connectivity index (χ1v) is 9.55. The van der Waals surface area contributed by atoms with Crippen LogP contribution in [0.5, 0.6) is 5.75 Å². The monoisotopic (exact) mass is 432 g/mol. The van der Waals surface area contributed by atoms with Crippen molar-refractivity contribution in [2.24, 2.45) is 0 Å². The molecule has 0 bridgehead atoms. The van der Waals surface area contributed by atoms with Gasteiger partial charge in [-0.3, -0.25) is 0 Å². The second-order valence-electron chi connectivity index (χ2n) is 5.81. The molecule has 1 heterocycles. The van der Waals surface area contributed by atoms with Gasteiger partial charge in [0.05, 0.1) is 12.2 Å². The van der Waals surface area contributed by atoms with Crippen LogP contribution in [-0.4, -0.2) is 15.1 Å². The lowest BCUT2D eigenvalue weighted by Crippen LogP contribution is -2.10. The van der Waals surface area contributed by atoms with Crippen molar-refractivity contribution < 1.29 is 5.11 Å². The molecule has 0 fully saturated rings. The number of nitrogens with one attached hydrogen (secondary N) is 2. The Morgan fingerprint density at radius 1 is 1.19 bits per heavy atom. The van der Waals surface area contributed by atoms with Crippen LogP contribution in [0, 0.1) is 0 Å². The average Bonchev–Trinajstić information content (AvgIpc) is 2.64. The molecular weight excluding hydrogens is 416 g/mol. The highest BCUT2D eigenvalue weighted by Crippen LogP contribution is 2.27. The SMILES string of the molecule is C[C@H](Nc1nc(Nc2cccc(CBr)c2)ncc1Cl)c1cccc(O)c1. The van der Waals surface area contributed by atoms with Crippen LogP contribution in [0.15, 0.2) is 54.7 Å². The maximum absolute atomic E-state index is 9.64. The number of benzene rings is 2. The van der Waals surface area contributed by atoms with Crippen LogP contribution in [0.25, 0.3) is 0 Å². The van der Waals surface area contributed by atoms with Gasteiger partial charge in [-0.05, 0) is 42.3 Å². The molecule has 0 aliphatic rings.